The molecule has 5 atom stereocenters. The number of allylic oxidation sites excluding steroid dienone is 7. The van der Waals surface area contributed by atoms with Crippen LogP contribution in [0, 0.1) is 17.8 Å². The predicted octanol–water partition coefficient (Wildman–Crippen LogP) is 6.77. The summed E-state index contributed by atoms with van der Waals surface area (Å²) in [5.74, 6) is 2.57. The summed E-state index contributed by atoms with van der Waals surface area (Å²) < 4.78 is 12.6. The molecule has 2 heterocycles. The van der Waals surface area contributed by atoms with Gasteiger partial charge in [0.2, 0.25) is 5.88 Å². The molecule has 0 aromatic carbocycles. The van der Waals surface area contributed by atoms with Gasteiger partial charge < -0.3 is 14.6 Å². The highest BCUT2D eigenvalue weighted by atomic mass is 16.5. The molecule has 1 fully saturated rings. The van der Waals surface area contributed by atoms with E-state index >= 15 is 0 Å². The smallest absolute Gasteiger partial charge is 0.217 e. The van der Waals surface area contributed by atoms with Gasteiger partial charge in [0.05, 0.1) is 24.5 Å². The van der Waals surface area contributed by atoms with E-state index in [1.54, 1.807) is 6.08 Å². The lowest BCUT2D eigenvalue weighted by Crippen LogP contribution is -2.20. The fourth-order valence-corrected chi connectivity index (χ4v) is 5.35. The molecule has 1 aromatic heterocycles. The highest BCUT2D eigenvalue weighted by molar-refractivity contribution is 5.75. The van der Waals surface area contributed by atoms with E-state index in [-0.39, 0.29) is 18.0 Å². The van der Waals surface area contributed by atoms with Gasteiger partial charge in [0.25, 0.3) is 0 Å². The molecule has 1 aliphatic heterocycles. The van der Waals surface area contributed by atoms with Crippen LogP contribution in [0.25, 0.3) is 11.1 Å². The average Bonchev–Trinajstić information content (AvgIpc) is 3.27. The van der Waals surface area contributed by atoms with Crippen LogP contribution in [-0.2, 0) is 4.74 Å². The Hall–Kier alpha value is -2.92. The van der Waals surface area contributed by atoms with Crippen molar-refractivity contribution in [3.63, 3.8) is 0 Å². The lowest BCUT2D eigenvalue weighted by atomic mass is 9.81. The Balaban J connectivity index is 1.44. The minimum atomic E-state index is 0.0175. The van der Waals surface area contributed by atoms with Crippen LogP contribution in [0.4, 0.5) is 0 Å². The van der Waals surface area contributed by atoms with E-state index < -0.39 is 0 Å². The Morgan fingerprint density at radius 1 is 1.09 bits per heavy atom. The van der Waals surface area contributed by atoms with E-state index in [1.807, 2.05) is 12.1 Å². The molecule has 35 heavy (non-hydrogen) atoms. The highest BCUT2D eigenvalue weighted by Crippen LogP contribution is 2.41. The molecule has 0 spiro atoms. The lowest BCUT2D eigenvalue weighted by Gasteiger charge is -2.21. The molecule has 184 valence electrons. The number of hydrogen-bond acceptors (Lipinski definition) is 5. The van der Waals surface area contributed by atoms with Crippen molar-refractivity contribution in [2.75, 3.05) is 6.61 Å². The number of aliphatic hydroxyl groups is 1. The Labute approximate surface area is 208 Å². The molecule has 0 amide bonds. The molecule has 5 nitrogen and oxygen atoms in total. The van der Waals surface area contributed by atoms with Crippen molar-refractivity contribution < 1.29 is 14.6 Å². The fourth-order valence-electron chi connectivity index (χ4n) is 5.35. The van der Waals surface area contributed by atoms with Crippen molar-refractivity contribution in [2.45, 2.75) is 64.6 Å². The van der Waals surface area contributed by atoms with Gasteiger partial charge in [-0.3, -0.25) is 0 Å². The van der Waals surface area contributed by atoms with Crippen LogP contribution < -0.4 is 4.74 Å². The topological polar surface area (TPSA) is 64.5 Å². The molecule has 1 saturated heterocycles. The summed E-state index contributed by atoms with van der Waals surface area (Å²) in [5, 5.41) is 10.5. The summed E-state index contributed by atoms with van der Waals surface area (Å²) in [7, 11) is 0. The maximum absolute atomic E-state index is 10.5. The van der Waals surface area contributed by atoms with E-state index in [9.17, 15) is 5.11 Å². The van der Waals surface area contributed by atoms with Crippen LogP contribution in [0.1, 0.15) is 63.9 Å². The second kappa shape index (κ2) is 10.8. The molecule has 3 aliphatic carbocycles. The van der Waals surface area contributed by atoms with E-state index in [0.29, 0.717) is 42.5 Å². The van der Waals surface area contributed by atoms with Crippen molar-refractivity contribution in [3.05, 3.63) is 78.0 Å². The summed E-state index contributed by atoms with van der Waals surface area (Å²) in [5.41, 5.74) is 2.59. The first kappa shape index (κ1) is 23.8. The fraction of sp³-hybridized carbons (Fsp3) is 0.467. The van der Waals surface area contributed by atoms with E-state index in [0.717, 1.165) is 36.1 Å². The summed E-state index contributed by atoms with van der Waals surface area (Å²) >= 11 is 0. The SMILES string of the molecule is CCCCC(CC)COc1cc(C2=CC3OC4C=CC=CC4C3C=C2)nc(C2=C(O)C=CCC2)n1. The van der Waals surface area contributed by atoms with Gasteiger partial charge in [0, 0.05) is 23.5 Å². The van der Waals surface area contributed by atoms with Gasteiger partial charge in [-0.2, -0.15) is 4.98 Å². The molecule has 5 rings (SSSR count). The van der Waals surface area contributed by atoms with Gasteiger partial charge >= 0.3 is 0 Å². The van der Waals surface area contributed by atoms with Gasteiger partial charge in [-0.25, -0.2) is 4.98 Å². The van der Waals surface area contributed by atoms with Crippen LogP contribution in [-0.4, -0.2) is 33.9 Å². The number of nitrogens with zero attached hydrogens (tertiary/aromatic N) is 2. The first-order valence-electron chi connectivity index (χ1n) is 13.2. The standard InChI is InChI=1S/C30H36N2O3/c1-3-5-10-20(4-2)19-34-29-18-25(31-30(32-29)24-12-6-8-13-26(24)33)21-15-16-23-22-11-7-9-14-27(22)35-28(23)17-21/h7-9,11,13-18,20,22-23,27-28,33H,3-6,10,12,19H2,1-2H3. The second-order valence-electron chi connectivity index (χ2n) is 9.92. The molecule has 0 saturated carbocycles. The normalized spacial score (nSPS) is 27.5. The molecular formula is C30H36N2O3. The monoisotopic (exact) mass is 472 g/mol. The quantitative estimate of drug-likeness (QED) is 0.430. The Kier molecular flexibility index (Phi) is 7.33. The number of ether oxygens (including phenoxy) is 2. The third-order valence-corrected chi connectivity index (χ3v) is 7.53. The Bertz CT molecular complexity index is 1110. The summed E-state index contributed by atoms with van der Waals surface area (Å²) in [6, 6.07) is 1.94. The van der Waals surface area contributed by atoms with E-state index in [4.69, 9.17) is 19.4 Å². The van der Waals surface area contributed by atoms with Crippen LogP contribution in [0.15, 0.2) is 66.5 Å². The zero-order chi connectivity index (χ0) is 24.2. The van der Waals surface area contributed by atoms with Crippen molar-refractivity contribution in [2.24, 2.45) is 17.8 Å². The molecule has 0 bridgehead atoms. The van der Waals surface area contributed by atoms with Crippen LogP contribution in [0.3, 0.4) is 0 Å². The zero-order valence-corrected chi connectivity index (χ0v) is 20.8. The minimum Gasteiger partial charge on any atom is -0.508 e. The van der Waals surface area contributed by atoms with Crippen molar-refractivity contribution in [1.29, 1.82) is 0 Å². The molecular weight excluding hydrogens is 436 g/mol. The van der Waals surface area contributed by atoms with Crippen LogP contribution in [0.2, 0.25) is 0 Å². The Morgan fingerprint density at radius 3 is 2.77 bits per heavy atom. The number of hydrogen-bond donors (Lipinski definition) is 1. The van der Waals surface area contributed by atoms with Crippen LogP contribution >= 0.6 is 0 Å². The van der Waals surface area contributed by atoms with Gasteiger partial charge in [-0.05, 0) is 42.9 Å². The lowest BCUT2D eigenvalue weighted by molar-refractivity contribution is 0.0887. The van der Waals surface area contributed by atoms with Gasteiger partial charge in [-0.15, -0.1) is 0 Å². The maximum atomic E-state index is 10.5. The first-order chi connectivity index (χ1) is 17.2. The third-order valence-electron chi connectivity index (χ3n) is 7.53. The average molecular weight is 473 g/mol. The van der Waals surface area contributed by atoms with Gasteiger partial charge in [-0.1, -0.05) is 75.6 Å². The molecule has 1 N–H and O–H groups in total. The van der Waals surface area contributed by atoms with E-state index in [2.05, 4.69) is 56.4 Å². The molecule has 1 aromatic rings. The highest BCUT2D eigenvalue weighted by Gasteiger charge is 2.41. The number of aliphatic hydroxyl groups excluding tert-OH is 1. The zero-order valence-electron chi connectivity index (χ0n) is 20.8. The van der Waals surface area contributed by atoms with Gasteiger partial charge in [0.15, 0.2) is 5.82 Å². The maximum Gasteiger partial charge on any atom is 0.217 e. The summed E-state index contributed by atoms with van der Waals surface area (Å²) in [4.78, 5) is 9.62. The van der Waals surface area contributed by atoms with Crippen LogP contribution in [0.5, 0.6) is 5.88 Å². The predicted molar refractivity (Wildman–Crippen MR) is 140 cm³/mol. The number of aromatic nitrogens is 2. The molecule has 5 heteroatoms. The van der Waals surface area contributed by atoms with Crippen molar-refractivity contribution in [1.82, 2.24) is 9.97 Å². The van der Waals surface area contributed by atoms with Crippen molar-refractivity contribution in [3.8, 4) is 5.88 Å². The third kappa shape index (κ3) is 5.20. The number of rotatable bonds is 9. The van der Waals surface area contributed by atoms with Crippen molar-refractivity contribution >= 4 is 11.1 Å². The molecule has 4 aliphatic rings. The second-order valence-corrected chi connectivity index (χ2v) is 9.92. The molecule has 5 unspecified atom stereocenters. The first-order valence-corrected chi connectivity index (χ1v) is 13.2. The summed E-state index contributed by atoms with van der Waals surface area (Å²) in [6.07, 6.45) is 25.3. The minimum absolute atomic E-state index is 0.0175. The van der Waals surface area contributed by atoms with E-state index in [1.165, 1.54) is 12.8 Å². The number of fused-ring (bicyclic) bond motifs is 3. The molecule has 0 radical (unpaired) electrons. The Morgan fingerprint density at radius 2 is 1.94 bits per heavy atom. The largest absolute Gasteiger partial charge is 0.508 e. The van der Waals surface area contributed by atoms with Gasteiger partial charge in [0.1, 0.15) is 5.76 Å². The number of unbranched alkanes of at least 4 members (excludes halogenated alkanes) is 1. The summed E-state index contributed by atoms with van der Waals surface area (Å²) in [6.45, 7) is 5.08.